The van der Waals surface area contributed by atoms with Crippen molar-refractivity contribution in [2.45, 2.75) is 6.42 Å². The Morgan fingerprint density at radius 2 is 2.15 bits per heavy atom. The predicted octanol–water partition coefficient (Wildman–Crippen LogP) is 0.761. The molecule has 1 fully saturated rings. The molecule has 0 aliphatic carbocycles. The van der Waals surface area contributed by atoms with Gasteiger partial charge in [-0.2, -0.15) is 0 Å². The van der Waals surface area contributed by atoms with Crippen LogP contribution in [0.3, 0.4) is 0 Å². The lowest BCUT2D eigenvalue weighted by atomic mass is 10.1. The van der Waals surface area contributed by atoms with Crippen LogP contribution in [0.1, 0.15) is 12.0 Å². The molecule has 2 aromatic rings. The van der Waals surface area contributed by atoms with E-state index in [1.165, 1.54) is 0 Å². The molecule has 0 spiro atoms. The van der Waals surface area contributed by atoms with Gasteiger partial charge in [0, 0.05) is 25.1 Å². The summed E-state index contributed by atoms with van der Waals surface area (Å²) < 4.78 is 10.9. The molecule has 0 saturated carbocycles. The Balaban J connectivity index is 1.84. The van der Waals surface area contributed by atoms with Crippen LogP contribution in [0.25, 0.3) is 17.5 Å². The molecule has 1 saturated heterocycles. The largest absolute Gasteiger partial charge is 0.497 e. The Bertz CT molecular complexity index is 951. The Hall–Kier alpha value is -3.28. The molecule has 6 heteroatoms. The summed E-state index contributed by atoms with van der Waals surface area (Å²) >= 11 is 0. The Morgan fingerprint density at radius 1 is 1.37 bits per heavy atom. The van der Waals surface area contributed by atoms with Gasteiger partial charge in [-0.25, -0.2) is 0 Å². The van der Waals surface area contributed by atoms with Crippen molar-refractivity contribution in [3.8, 4) is 5.75 Å². The molecule has 0 bridgehead atoms. The molecule has 1 amide bonds. The van der Waals surface area contributed by atoms with Crippen LogP contribution >= 0.6 is 0 Å². The molecule has 1 aliphatic heterocycles. The standard InChI is InChI=1S/C21H23N3O3/c1-14(16-5-7-17(26-2)8-6-16)10-19-18(4-3-9-23-19)21(22)27-13-15-11-20(25)24-12-15/h3-10,15H,1,11-13,22H2,2H3,(H,24,25)/b19-10+,21-18+/t15-/m1/s1. The van der Waals surface area contributed by atoms with Crippen LogP contribution in [0.15, 0.2) is 49.2 Å². The molecule has 0 radical (unpaired) electrons. The second-order valence-electron chi connectivity index (χ2n) is 6.38. The number of hydrogen-bond acceptors (Lipinski definition) is 5. The maximum absolute atomic E-state index is 11.3. The maximum atomic E-state index is 11.3. The van der Waals surface area contributed by atoms with Crippen LogP contribution in [0, 0.1) is 5.92 Å². The van der Waals surface area contributed by atoms with Crippen molar-refractivity contribution < 1.29 is 14.3 Å². The van der Waals surface area contributed by atoms with Gasteiger partial charge in [0.15, 0.2) is 5.88 Å². The van der Waals surface area contributed by atoms with Gasteiger partial charge in [0.1, 0.15) is 5.75 Å². The number of hydrogen-bond donors (Lipinski definition) is 2. The third-order valence-electron chi connectivity index (χ3n) is 4.41. The molecule has 1 aromatic heterocycles. The number of aromatic nitrogens is 1. The number of nitrogens with one attached hydrogen (secondary N) is 1. The van der Waals surface area contributed by atoms with Crippen LogP contribution in [0.2, 0.25) is 0 Å². The van der Waals surface area contributed by atoms with Gasteiger partial charge in [0.25, 0.3) is 0 Å². The summed E-state index contributed by atoms with van der Waals surface area (Å²) in [4.78, 5) is 15.7. The van der Waals surface area contributed by atoms with Gasteiger partial charge in [0.2, 0.25) is 5.91 Å². The fraction of sp³-hybridized carbons (Fsp3) is 0.238. The summed E-state index contributed by atoms with van der Waals surface area (Å²) in [5.74, 6) is 1.26. The number of rotatable bonds is 6. The zero-order valence-corrected chi connectivity index (χ0v) is 15.3. The Morgan fingerprint density at radius 3 is 2.81 bits per heavy atom. The predicted molar refractivity (Wildman–Crippen MR) is 105 cm³/mol. The molecule has 27 heavy (non-hydrogen) atoms. The molecule has 6 nitrogen and oxygen atoms in total. The summed E-state index contributed by atoms with van der Waals surface area (Å²) in [6.45, 7) is 5.13. The van der Waals surface area contributed by atoms with Gasteiger partial charge < -0.3 is 20.5 Å². The molecular formula is C21H23N3O3. The smallest absolute Gasteiger partial charge is 0.220 e. The highest BCUT2D eigenvalue weighted by Crippen LogP contribution is 2.17. The van der Waals surface area contributed by atoms with Gasteiger partial charge in [0.05, 0.1) is 24.3 Å². The number of amides is 1. The summed E-state index contributed by atoms with van der Waals surface area (Å²) in [5.41, 5.74) is 7.91. The average molecular weight is 365 g/mol. The monoisotopic (exact) mass is 365 g/mol. The molecule has 3 N–H and O–H groups in total. The number of nitrogens with two attached hydrogens (primary N) is 1. The summed E-state index contributed by atoms with van der Waals surface area (Å²) in [6, 6.07) is 11.3. The summed E-state index contributed by atoms with van der Waals surface area (Å²) in [5, 5.41) is 4.16. The highest BCUT2D eigenvalue weighted by atomic mass is 16.5. The van der Waals surface area contributed by atoms with E-state index in [2.05, 4.69) is 16.9 Å². The van der Waals surface area contributed by atoms with E-state index >= 15 is 0 Å². The molecule has 3 rings (SSSR count). The lowest BCUT2D eigenvalue weighted by molar-refractivity contribution is -0.119. The van der Waals surface area contributed by atoms with Crippen LogP contribution < -0.4 is 26.4 Å². The van der Waals surface area contributed by atoms with Gasteiger partial charge >= 0.3 is 0 Å². The average Bonchev–Trinajstić information content (AvgIpc) is 3.12. The maximum Gasteiger partial charge on any atom is 0.220 e. The highest BCUT2D eigenvalue weighted by molar-refractivity contribution is 5.86. The second-order valence-corrected chi connectivity index (χ2v) is 6.38. The van der Waals surface area contributed by atoms with Gasteiger partial charge in [-0.1, -0.05) is 18.7 Å². The van der Waals surface area contributed by atoms with Crippen molar-refractivity contribution in [2.75, 3.05) is 20.3 Å². The number of allylic oxidation sites excluding steroid dienone is 1. The number of ether oxygens (including phenoxy) is 2. The Labute approximate surface area is 158 Å². The Kier molecular flexibility index (Phi) is 5.76. The van der Waals surface area contributed by atoms with E-state index in [0.29, 0.717) is 30.1 Å². The minimum absolute atomic E-state index is 0.0494. The number of carbonyl (C=O) groups excluding carboxylic acids is 1. The van der Waals surface area contributed by atoms with Crippen molar-refractivity contribution in [1.82, 2.24) is 10.3 Å². The van der Waals surface area contributed by atoms with Crippen LogP contribution in [0.5, 0.6) is 5.75 Å². The minimum atomic E-state index is 0.0494. The third kappa shape index (κ3) is 4.67. The quantitative estimate of drug-likeness (QED) is 0.789. The number of pyridine rings is 1. The van der Waals surface area contributed by atoms with E-state index in [1.54, 1.807) is 19.4 Å². The zero-order valence-electron chi connectivity index (χ0n) is 15.3. The van der Waals surface area contributed by atoms with Crippen LogP contribution in [-0.2, 0) is 9.53 Å². The first-order valence-corrected chi connectivity index (χ1v) is 8.72. The third-order valence-corrected chi connectivity index (χ3v) is 4.41. The first-order chi connectivity index (χ1) is 13.1. The molecule has 0 unspecified atom stereocenters. The van der Waals surface area contributed by atoms with Crippen molar-refractivity contribution in [3.05, 3.63) is 65.3 Å². The number of methoxy groups -OCH3 is 1. The molecular weight excluding hydrogens is 342 g/mol. The fourth-order valence-electron chi connectivity index (χ4n) is 2.86. The molecule has 140 valence electrons. The van der Waals surface area contributed by atoms with Gasteiger partial charge in [-0.05, 0) is 41.5 Å². The van der Waals surface area contributed by atoms with E-state index in [-0.39, 0.29) is 17.7 Å². The lowest BCUT2D eigenvalue weighted by Gasteiger charge is -2.10. The molecule has 1 aliphatic rings. The van der Waals surface area contributed by atoms with E-state index in [0.717, 1.165) is 16.9 Å². The van der Waals surface area contributed by atoms with Crippen molar-refractivity contribution in [1.29, 1.82) is 0 Å². The van der Waals surface area contributed by atoms with Crippen molar-refractivity contribution >= 4 is 23.4 Å². The summed E-state index contributed by atoms with van der Waals surface area (Å²) in [7, 11) is 1.63. The topological polar surface area (TPSA) is 86.5 Å². The lowest BCUT2D eigenvalue weighted by Crippen LogP contribution is -2.33. The number of nitrogens with zero attached hydrogens (tertiary/aromatic N) is 1. The first kappa shape index (κ1) is 18.5. The van der Waals surface area contributed by atoms with Crippen LogP contribution in [-0.4, -0.2) is 31.2 Å². The van der Waals surface area contributed by atoms with Crippen LogP contribution in [0.4, 0.5) is 0 Å². The normalized spacial score (nSPS) is 18.0. The molecule has 1 aromatic carbocycles. The SMILES string of the molecule is C=C(/C=c1/nccc/c1=C(/N)OC[C@H]1CNC(=O)C1)c1ccc(OC)cc1. The van der Waals surface area contributed by atoms with E-state index in [1.807, 2.05) is 36.4 Å². The second kappa shape index (κ2) is 8.40. The van der Waals surface area contributed by atoms with E-state index < -0.39 is 0 Å². The minimum Gasteiger partial charge on any atom is -0.497 e. The number of benzene rings is 1. The summed E-state index contributed by atoms with van der Waals surface area (Å²) in [6.07, 6.45) is 4.03. The number of carbonyl (C=O) groups is 1. The van der Waals surface area contributed by atoms with E-state index in [9.17, 15) is 4.79 Å². The highest BCUT2D eigenvalue weighted by Gasteiger charge is 2.21. The first-order valence-electron chi connectivity index (χ1n) is 8.72. The van der Waals surface area contributed by atoms with E-state index in [4.69, 9.17) is 15.2 Å². The van der Waals surface area contributed by atoms with Gasteiger partial charge in [-0.15, -0.1) is 0 Å². The fourth-order valence-corrected chi connectivity index (χ4v) is 2.86. The van der Waals surface area contributed by atoms with Gasteiger partial charge in [-0.3, -0.25) is 9.78 Å². The zero-order chi connectivity index (χ0) is 19.2. The van der Waals surface area contributed by atoms with Crippen molar-refractivity contribution in [2.24, 2.45) is 11.7 Å². The molecule has 1 atom stereocenters. The van der Waals surface area contributed by atoms with Crippen molar-refractivity contribution in [3.63, 3.8) is 0 Å². The molecule has 2 heterocycles.